The Morgan fingerprint density at radius 2 is 1.76 bits per heavy atom. The molecule has 0 bridgehead atoms. The summed E-state index contributed by atoms with van der Waals surface area (Å²) in [5.41, 5.74) is 1.43. The number of carboxylic acid groups (broad SMARTS) is 1. The third-order valence-corrected chi connectivity index (χ3v) is 3.33. The van der Waals surface area contributed by atoms with Crippen LogP contribution in [0, 0.1) is 0 Å². The fourth-order valence-corrected chi connectivity index (χ4v) is 2.04. The van der Waals surface area contributed by atoms with Gasteiger partial charge in [0.25, 0.3) is 0 Å². The minimum absolute atomic E-state index is 0.159. The lowest BCUT2D eigenvalue weighted by atomic mass is 10.2. The van der Waals surface area contributed by atoms with Crippen molar-refractivity contribution in [2.75, 3.05) is 13.3 Å². The first-order valence-electron chi connectivity index (χ1n) is 7.00. The first-order valence-corrected chi connectivity index (χ1v) is 7.00. The Hall–Kier alpha value is -2.33. The van der Waals surface area contributed by atoms with Gasteiger partial charge in [0, 0.05) is 5.56 Å². The van der Waals surface area contributed by atoms with Crippen LogP contribution in [0.1, 0.15) is 22.8 Å². The zero-order chi connectivity index (χ0) is 15.1. The molecule has 0 saturated heterocycles. The Bertz CT molecular complexity index is 566. The number of hydrogen-bond acceptors (Lipinski definition) is 3. The van der Waals surface area contributed by atoms with E-state index in [4.69, 9.17) is 4.74 Å². The van der Waals surface area contributed by atoms with E-state index in [1.54, 1.807) is 12.1 Å². The molecule has 4 heteroatoms. The van der Waals surface area contributed by atoms with E-state index in [1.165, 1.54) is 22.6 Å². The average molecular weight is 285 g/mol. The summed E-state index contributed by atoms with van der Waals surface area (Å²) in [5.74, 6) is -0.509. The fourth-order valence-electron chi connectivity index (χ4n) is 2.04. The average Bonchev–Trinajstić information content (AvgIpc) is 2.52. The van der Waals surface area contributed by atoms with E-state index in [1.807, 2.05) is 18.2 Å². The van der Waals surface area contributed by atoms with Crippen molar-refractivity contribution in [2.45, 2.75) is 13.5 Å². The maximum atomic E-state index is 10.7. The molecule has 0 aliphatic heterocycles. The first kappa shape index (κ1) is 15.1. The number of aromatic carboxylic acids is 1. The summed E-state index contributed by atoms with van der Waals surface area (Å²) in [7, 11) is 0. The lowest BCUT2D eigenvalue weighted by Gasteiger charge is -2.18. The van der Waals surface area contributed by atoms with E-state index in [-0.39, 0.29) is 5.56 Å². The smallest absolute Gasteiger partial charge is 0.222 e. The number of quaternary nitrogens is 1. The second-order valence-electron chi connectivity index (χ2n) is 4.87. The molecule has 0 amide bonds. The van der Waals surface area contributed by atoms with Crippen molar-refractivity contribution in [1.29, 1.82) is 0 Å². The fraction of sp³-hybridized carbons (Fsp3) is 0.235. The van der Waals surface area contributed by atoms with Crippen LogP contribution in [0.3, 0.4) is 0 Å². The van der Waals surface area contributed by atoms with Gasteiger partial charge in [-0.2, -0.15) is 0 Å². The number of nitrogens with one attached hydrogen (secondary N) is 1. The standard InChI is InChI=1S/C17H19NO3/c1-2-18(12-14-6-4-3-5-7-14)13-21-16-10-8-15(9-11-16)17(19)20/h3-11H,2,12-13H2,1H3,(H,19,20). The van der Waals surface area contributed by atoms with Crippen molar-refractivity contribution in [1.82, 2.24) is 0 Å². The second-order valence-corrected chi connectivity index (χ2v) is 4.87. The molecule has 2 aromatic carbocycles. The number of carboxylic acids is 1. The van der Waals surface area contributed by atoms with Gasteiger partial charge in [-0.25, -0.2) is 0 Å². The van der Waals surface area contributed by atoms with Gasteiger partial charge in [0.1, 0.15) is 12.3 Å². The topological polar surface area (TPSA) is 53.8 Å². The van der Waals surface area contributed by atoms with Crippen molar-refractivity contribution in [3.05, 3.63) is 65.7 Å². The molecule has 0 spiro atoms. The third-order valence-electron chi connectivity index (χ3n) is 3.33. The van der Waals surface area contributed by atoms with Crippen LogP contribution >= 0.6 is 0 Å². The van der Waals surface area contributed by atoms with Gasteiger partial charge in [0.15, 0.2) is 0 Å². The maximum absolute atomic E-state index is 10.7. The molecule has 2 rings (SSSR count). The largest absolute Gasteiger partial charge is 0.545 e. The van der Waals surface area contributed by atoms with Gasteiger partial charge in [0.2, 0.25) is 6.73 Å². The van der Waals surface area contributed by atoms with E-state index >= 15 is 0 Å². The molecule has 1 N–H and O–H groups in total. The van der Waals surface area contributed by atoms with Crippen molar-refractivity contribution in [3.8, 4) is 5.75 Å². The van der Waals surface area contributed by atoms with Gasteiger partial charge >= 0.3 is 0 Å². The van der Waals surface area contributed by atoms with Crippen LogP contribution in [0.2, 0.25) is 0 Å². The molecule has 0 aromatic heterocycles. The molecule has 1 atom stereocenters. The number of hydrogen-bond donors (Lipinski definition) is 1. The highest BCUT2D eigenvalue weighted by Gasteiger charge is 2.07. The van der Waals surface area contributed by atoms with E-state index < -0.39 is 5.97 Å². The molecule has 110 valence electrons. The molecule has 0 fully saturated rings. The normalized spacial score (nSPS) is 11.9. The predicted octanol–water partition coefficient (Wildman–Crippen LogP) is 0.491. The molecule has 4 nitrogen and oxygen atoms in total. The van der Waals surface area contributed by atoms with E-state index in [9.17, 15) is 9.90 Å². The Kier molecular flexibility index (Phi) is 5.35. The highest BCUT2D eigenvalue weighted by molar-refractivity contribution is 5.85. The lowest BCUT2D eigenvalue weighted by Crippen LogP contribution is -3.11. The maximum Gasteiger partial charge on any atom is 0.222 e. The van der Waals surface area contributed by atoms with Crippen LogP contribution < -0.4 is 14.7 Å². The van der Waals surface area contributed by atoms with Crippen LogP contribution in [-0.2, 0) is 6.54 Å². The summed E-state index contributed by atoms with van der Waals surface area (Å²) in [6.07, 6.45) is 0. The predicted molar refractivity (Wildman–Crippen MR) is 77.9 cm³/mol. The van der Waals surface area contributed by atoms with Gasteiger partial charge in [-0.3, -0.25) is 4.90 Å². The van der Waals surface area contributed by atoms with Gasteiger partial charge in [-0.15, -0.1) is 0 Å². The first-order chi connectivity index (χ1) is 10.2. The van der Waals surface area contributed by atoms with Gasteiger partial charge in [-0.05, 0) is 36.8 Å². The zero-order valence-corrected chi connectivity index (χ0v) is 12.0. The van der Waals surface area contributed by atoms with Crippen molar-refractivity contribution in [2.24, 2.45) is 0 Å². The number of ether oxygens (including phenoxy) is 1. The molecular weight excluding hydrogens is 266 g/mol. The molecule has 21 heavy (non-hydrogen) atoms. The Balaban J connectivity index is 1.89. The zero-order valence-electron chi connectivity index (χ0n) is 12.0. The van der Waals surface area contributed by atoms with E-state index in [2.05, 4.69) is 19.1 Å². The Morgan fingerprint density at radius 3 is 2.33 bits per heavy atom. The van der Waals surface area contributed by atoms with Crippen LogP contribution in [0.25, 0.3) is 0 Å². The summed E-state index contributed by atoms with van der Waals surface area (Å²) in [4.78, 5) is 12.0. The monoisotopic (exact) mass is 285 g/mol. The summed E-state index contributed by atoms with van der Waals surface area (Å²) in [6, 6.07) is 16.6. The Morgan fingerprint density at radius 1 is 1.10 bits per heavy atom. The summed E-state index contributed by atoms with van der Waals surface area (Å²) in [6.45, 7) is 4.50. The van der Waals surface area contributed by atoms with Crippen molar-refractivity contribution in [3.63, 3.8) is 0 Å². The van der Waals surface area contributed by atoms with Gasteiger partial charge in [0.05, 0.1) is 12.5 Å². The third kappa shape index (κ3) is 4.61. The van der Waals surface area contributed by atoms with Crippen molar-refractivity contribution < 1.29 is 19.5 Å². The number of rotatable bonds is 7. The minimum atomic E-state index is -1.17. The molecule has 0 aliphatic rings. The van der Waals surface area contributed by atoms with Crippen LogP contribution in [-0.4, -0.2) is 19.2 Å². The van der Waals surface area contributed by atoms with Crippen LogP contribution in [0.5, 0.6) is 5.75 Å². The summed E-state index contributed by atoms with van der Waals surface area (Å²) < 4.78 is 5.72. The molecule has 2 aromatic rings. The molecular formula is C17H19NO3. The molecule has 0 saturated carbocycles. The minimum Gasteiger partial charge on any atom is -0.545 e. The Labute approximate surface area is 124 Å². The van der Waals surface area contributed by atoms with Crippen molar-refractivity contribution >= 4 is 5.97 Å². The van der Waals surface area contributed by atoms with Crippen LogP contribution in [0.15, 0.2) is 54.6 Å². The van der Waals surface area contributed by atoms with E-state index in [0.717, 1.165) is 13.1 Å². The summed E-state index contributed by atoms with van der Waals surface area (Å²) in [5, 5.41) is 10.7. The number of benzene rings is 2. The number of carbonyl (C=O) groups excluding carboxylic acids is 1. The molecule has 0 aliphatic carbocycles. The molecule has 1 unspecified atom stereocenters. The molecule has 0 radical (unpaired) electrons. The van der Waals surface area contributed by atoms with Crippen LogP contribution in [0.4, 0.5) is 0 Å². The second kappa shape index (κ2) is 7.45. The number of carbonyl (C=O) groups is 1. The summed E-state index contributed by atoms with van der Waals surface area (Å²) >= 11 is 0. The van der Waals surface area contributed by atoms with Gasteiger partial charge in [-0.1, -0.05) is 30.3 Å². The SMILES string of the molecule is CC[NH+](COc1ccc(C(=O)[O-])cc1)Cc1ccccc1. The quantitative estimate of drug-likeness (QED) is 0.753. The van der Waals surface area contributed by atoms with Gasteiger partial charge < -0.3 is 14.6 Å². The highest BCUT2D eigenvalue weighted by atomic mass is 16.5. The van der Waals surface area contributed by atoms with E-state index in [0.29, 0.717) is 12.5 Å². The lowest BCUT2D eigenvalue weighted by molar-refractivity contribution is -0.927. The molecule has 0 heterocycles. The highest BCUT2D eigenvalue weighted by Crippen LogP contribution is 2.10.